The minimum atomic E-state index is -0.143. The monoisotopic (exact) mass is 275 g/mol. The minimum absolute atomic E-state index is 0.126. The summed E-state index contributed by atoms with van der Waals surface area (Å²) in [4.78, 5) is 11.0. The largest absolute Gasteiger partial charge is 0.306 e. The molecule has 0 aliphatic carbocycles. The van der Waals surface area contributed by atoms with E-state index in [0.717, 1.165) is 24.1 Å². The Bertz CT molecular complexity index is 400. The smallest absolute Gasteiger partial charge is 0.138 e. The van der Waals surface area contributed by atoms with Crippen molar-refractivity contribution in [2.75, 3.05) is 12.3 Å². The van der Waals surface area contributed by atoms with Crippen molar-refractivity contribution in [1.29, 1.82) is 0 Å². The van der Waals surface area contributed by atoms with Gasteiger partial charge in [-0.3, -0.25) is 0 Å². The van der Waals surface area contributed by atoms with Crippen LogP contribution in [0.2, 0.25) is 10.0 Å². The molecule has 0 spiro atoms. The fourth-order valence-corrected chi connectivity index (χ4v) is 3.24. The molecule has 0 radical (unpaired) electrons. The first-order valence-electron chi connectivity index (χ1n) is 4.97. The van der Waals surface area contributed by atoms with Crippen LogP contribution in [0.15, 0.2) is 18.2 Å². The molecule has 2 nitrogen and oxygen atoms in total. The summed E-state index contributed by atoms with van der Waals surface area (Å²) < 4.78 is 0. The predicted molar refractivity (Wildman–Crippen MR) is 69.5 cm³/mol. The van der Waals surface area contributed by atoms with Gasteiger partial charge in [0.15, 0.2) is 0 Å². The van der Waals surface area contributed by atoms with Crippen molar-refractivity contribution in [3.8, 4) is 0 Å². The Morgan fingerprint density at radius 2 is 2.19 bits per heavy atom. The van der Waals surface area contributed by atoms with Gasteiger partial charge < -0.3 is 10.1 Å². The lowest BCUT2D eigenvalue weighted by Gasteiger charge is -2.28. The number of carbonyl (C=O) groups excluding carboxylic acids is 1. The molecule has 1 aliphatic rings. The molecule has 1 aromatic carbocycles. The first-order chi connectivity index (χ1) is 7.72. The lowest BCUT2D eigenvalue weighted by Crippen LogP contribution is -2.40. The third kappa shape index (κ3) is 2.54. The van der Waals surface area contributed by atoms with Crippen LogP contribution in [-0.2, 0) is 4.79 Å². The van der Waals surface area contributed by atoms with E-state index in [1.165, 1.54) is 0 Å². The van der Waals surface area contributed by atoms with Crippen molar-refractivity contribution in [2.45, 2.75) is 11.3 Å². The van der Waals surface area contributed by atoms with Gasteiger partial charge in [0.2, 0.25) is 0 Å². The first-order valence-corrected chi connectivity index (χ1v) is 6.78. The highest BCUT2D eigenvalue weighted by molar-refractivity contribution is 7.99. The average molecular weight is 276 g/mol. The zero-order valence-corrected chi connectivity index (χ0v) is 10.8. The molecule has 0 bridgehead atoms. The Morgan fingerprint density at radius 1 is 1.38 bits per heavy atom. The summed E-state index contributed by atoms with van der Waals surface area (Å²) in [7, 11) is 0. The van der Waals surface area contributed by atoms with Crippen LogP contribution in [0.4, 0.5) is 0 Å². The Labute approximate surface area is 109 Å². The Balaban J connectivity index is 2.27. The lowest BCUT2D eigenvalue weighted by atomic mass is 10.1. The number of benzene rings is 1. The standard InChI is InChI=1S/C11H11Cl2NOS/c12-8-2-1-7(5-9(8)13)11-10(6-15)14-3-4-16-11/h1-2,5-6,10-11,14H,3-4H2. The molecule has 1 fully saturated rings. The molecule has 0 saturated carbocycles. The lowest BCUT2D eigenvalue weighted by molar-refractivity contribution is -0.109. The van der Waals surface area contributed by atoms with Crippen LogP contribution in [-0.4, -0.2) is 24.6 Å². The summed E-state index contributed by atoms with van der Waals surface area (Å²) in [6.07, 6.45) is 0.958. The molecule has 5 heteroatoms. The third-order valence-corrected chi connectivity index (χ3v) is 4.63. The van der Waals surface area contributed by atoms with Gasteiger partial charge >= 0.3 is 0 Å². The molecule has 0 amide bonds. The van der Waals surface area contributed by atoms with Gasteiger partial charge in [-0.2, -0.15) is 11.8 Å². The van der Waals surface area contributed by atoms with E-state index >= 15 is 0 Å². The van der Waals surface area contributed by atoms with E-state index in [1.54, 1.807) is 17.8 Å². The minimum Gasteiger partial charge on any atom is -0.306 e. The van der Waals surface area contributed by atoms with Crippen molar-refractivity contribution in [1.82, 2.24) is 5.32 Å². The van der Waals surface area contributed by atoms with E-state index in [1.807, 2.05) is 12.1 Å². The highest BCUT2D eigenvalue weighted by Gasteiger charge is 2.26. The number of rotatable bonds is 2. The van der Waals surface area contributed by atoms with Crippen LogP contribution in [0.5, 0.6) is 0 Å². The maximum absolute atomic E-state index is 11.0. The van der Waals surface area contributed by atoms with Crippen LogP contribution in [0.1, 0.15) is 10.8 Å². The number of nitrogens with one attached hydrogen (secondary N) is 1. The molecule has 1 heterocycles. The first kappa shape index (κ1) is 12.2. The number of thioether (sulfide) groups is 1. The quantitative estimate of drug-likeness (QED) is 0.842. The number of carbonyl (C=O) groups is 1. The van der Waals surface area contributed by atoms with Crippen LogP contribution in [0.3, 0.4) is 0 Å². The van der Waals surface area contributed by atoms with E-state index in [0.29, 0.717) is 10.0 Å². The van der Waals surface area contributed by atoms with Crippen LogP contribution < -0.4 is 5.32 Å². The summed E-state index contributed by atoms with van der Waals surface area (Å²) in [6, 6.07) is 5.40. The molecule has 1 aromatic rings. The van der Waals surface area contributed by atoms with Gasteiger partial charge in [0.25, 0.3) is 0 Å². The summed E-state index contributed by atoms with van der Waals surface area (Å²) in [5, 5.41) is 4.39. The second-order valence-corrected chi connectivity index (χ2v) is 5.64. The van der Waals surface area contributed by atoms with E-state index in [9.17, 15) is 4.79 Å². The van der Waals surface area contributed by atoms with Gasteiger partial charge in [-0.1, -0.05) is 29.3 Å². The van der Waals surface area contributed by atoms with E-state index in [-0.39, 0.29) is 11.3 Å². The van der Waals surface area contributed by atoms with Gasteiger partial charge in [0.1, 0.15) is 6.29 Å². The Kier molecular flexibility index (Phi) is 4.14. The predicted octanol–water partition coefficient (Wildman–Crippen LogP) is 2.94. The molecule has 16 heavy (non-hydrogen) atoms. The fraction of sp³-hybridized carbons (Fsp3) is 0.364. The second-order valence-electron chi connectivity index (χ2n) is 3.58. The molecular weight excluding hydrogens is 265 g/mol. The van der Waals surface area contributed by atoms with E-state index in [2.05, 4.69) is 5.32 Å². The van der Waals surface area contributed by atoms with Crippen LogP contribution >= 0.6 is 35.0 Å². The topological polar surface area (TPSA) is 29.1 Å². The van der Waals surface area contributed by atoms with Gasteiger partial charge in [0, 0.05) is 12.3 Å². The van der Waals surface area contributed by atoms with Gasteiger partial charge in [-0.15, -0.1) is 0 Å². The number of aldehydes is 1. The van der Waals surface area contributed by atoms with Crippen molar-refractivity contribution < 1.29 is 4.79 Å². The molecule has 2 rings (SSSR count). The summed E-state index contributed by atoms with van der Waals surface area (Å²) in [5.41, 5.74) is 1.05. The third-order valence-electron chi connectivity index (χ3n) is 2.52. The molecular formula is C11H11Cl2NOS. The Morgan fingerprint density at radius 3 is 2.88 bits per heavy atom. The van der Waals surface area contributed by atoms with Crippen molar-refractivity contribution >= 4 is 41.2 Å². The molecule has 2 atom stereocenters. The van der Waals surface area contributed by atoms with Crippen LogP contribution in [0, 0.1) is 0 Å². The van der Waals surface area contributed by atoms with Crippen molar-refractivity contribution in [3.63, 3.8) is 0 Å². The maximum Gasteiger partial charge on any atom is 0.138 e. The summed E-state index contributed by atoms with van der Waals surface area (Å²) >= 11 is 13.6. The van der Waals surface area contributed by atoms with Gasteiger partial charge in [-0.05, 0) is 17.7 Å². The zero-order chi connectivity index (χ0) is 11.5. The van der Waals surface area contributed by atoms with Crippen molar-refractivity contribution in [2.24, 2.45) is 0 Å². The van der Waals surface area contributed by atoms with E-state index < -0.39 is 0 Å². The van der Waals surface area contributed by atoms with Gasteiger partial charge in [0.05, 0.1) is 21.3 Å². The molecule has 1 saturated heterocycles. The Hall–Kier alpha value is -0.220. The number of hydrogen-bond donors (Lipinski definition) is 1. The zero-order valence-electron chi connectivity index (χ0n) is 8.45. The summed E-state index contributed by atoms with van der Waals surface area (Å²) in [5.74, 6) is 0.995. The SMILES string of the molecule is O=CC1NCCSC1c1ccc(Cl)c(Cl)c1. The molecule has 0 aromatic heterocycles. The fourth-order valence-electron chi connectivity index (χ4n) is 1.73. The molecule has 1 N–H and O–H groups in total. The van der Waals surface area contributed by atoms with E-state index in [4.69, 9.17) is 23.2 Å². The van der Waals surface area contributed by atoms with Gasteiger partial charge in [-0.25, -0.2) is 0 Å². The maximum atomic E-state index is 11.0. The second kappa shape index (κ2) is 5.41. The number of hydrogen-bond acceptors (Lipinski definition) is 3. The van der Waals surface area contributed by atoms with Crippen LogP contribution in [0.25, 0.3) is 0 Å². The highest BCUT2D eigenvalue weighted by atomic mass is 35.5. The molecule has 1 aliphatic heterocycles. The van der Waals surface area contributed by atoms with Crippen molar-refractivity contribution in [3.05, 3.63) is 33.8 Å². The molecule has 86 valence electrons. The normalized spacial score (nSPS) is 25.4. The molecule has 2 unspecified atom stereocenters. The number of halogens is 2. The average Bonchev–Trinajstić information content (AvgIpc) is 2.32. The highest BCUT2D eigenvalue weighted by Crippen LogP contribution is 2.36. The summed E-state index contributed by atoms with van der Waals surface area (Å²) in [6.45, 7) is 0.867.